The maximum Gasteiger partial charge on any atom is 0.251 e. The van der Waals surface area contributed by atoms with Gasteiger partial charge in [0.15, 0.2) is 0 Å². The minimum Gasteiger partial charge on any atom is -0.373 e. The van der Waals surface area contributed by atoms with E-state index in [9.17, 15) is 13.2 Å². The smallest absolute Gasteiger partial charge is 0.251 e. The Morgan fingerprint density at radius 2 is 1.96 bits per heavy atom. The van der Waals surface area contributed by atoms with E-state index in [1.54, 1.807) is 12.1 Å². The molecule has 0 radical (unpaired) electrons. The van der Waals surface area contributed by atoms with Gasteiger partial charge in [-0.3, -0.25) is 4.79 Å². The van der Waals surface area contributed by atoms with Gasteiger partial charge in [-0.1, -0.05) is 19.4 Å². The number of rotatable bonds is 6. The van der Waals surface area contributed by atoms with E-state index in [1.807, 2.05) is 20.8 Å². The molecule has 1 heterocycles. The molecule has 1 amide bonds. The van der Waals surface area contributed by atoms with Crippen molar-refractivity contribution in [2.75, 3.05) is 19.6 Å². The van der Waals surface area contributed by atoms with Crippen molar-refractivity contribution in [2.24, 2.45) is 0 Å². The molecule has 1 aromatic carbocycles. The van der Waals surface area contributed by atoms with E-state index in [0.717, 1.165) is 12.8 Å². The number of sulfonamides is 1. The highest BCUT2D eigenvalue weighted by Crippen LogP contribution is 2.21. The monoisotopic (exact) mass is 354 g/mol. The molecule has 1 aromatic rings. The third-order valence-electron chi connectivity index (χ3n) is 3.94. The van der Waals surface area contributed by atoms with Crippen LogP contribution in [0, 0.1) is 0 Å². The van der Waals surface area contributed by atoms with Crippen molar-refractivity contribution in [3.8, 4) is 0 Å². The van der Waals surface area contributed by atoms with Gasteiger partial charge in [-0.05, 0) is 38.5 Å². The van der Waals surface area contributed by atoms with Crippen molar-refractivity contribution >= 4 is 15.9 Å². The van der Waals surface area contributed by atoms with Gasteiger partial charge in [-0.2, -0.15) is 4.31 Å². The van der Waals surface area contributed by atoms with Crippen LogP contribution in [0.3, 0.4) is 0 Å². The molecule has 6 nitrogen and oxygen atoms in total. The zero-order valence-corrected chi connectivity index (χ0v) is 15.3. The fraction of sp³-hybridized carbons (Fsp3) is 0.588. The molecule has 134 valence electrons. The molecule has 1 aliphatic heterocycles. The number of amides is 1. The molecule has 24 heavy (non-hydrogen) atoms. The Hall–Kier alpha value is -1.44. The Bertz CT molecular complexity index is 665. The Morgan fingerprint density at radius 1 is 1.29 bits per heavy atom. The largest absolute Gasteiger partial charge is 0.373 e. The Labute approximate surface area is 144 Å². The van der Waals surface area contributed by atoms with Crippen molar-refractivity contribution in [3.63, 3.8) is 0 Å². The molecule has 0 bridgehead atoms. The number of nitrogens with one attached hydrogen (secondary N) is 1. The lowest BCUT2D eigenvalue weighted by Crippen LogP contribution is -2.48. The second-order valence-electron chi connectivity index (χ2n) is 6.22. The third kappa shape index (κ3) is 4.55. The maximum atomic E-state index is 12.9. The summed E-state index contributed by atoms with van der Waals surface area (Å²) in [6, 6.07) is 6.21. The van der Waals surface area contributed by atoms with Crippen LogP contribution in [-0.2, 0) is 14.8 Å². The normalized spacial score (nSPS) is 22.3. The first-order valence-electron chi connectivity index (χ1n) is 8.38. The van der Waals surface area contributed by atoms with Gasteiger partial charge in [0.05, 0.1) is 17.1 Å². The van der Waals surface area contributed by atoms with E-state index in [0.29, 0.717) is 25.2 Å². The van der Waals surface area contributed by atoms with E-state index >= 15 is 0 Å². The van der Waals surface area contributed by atoms with Gasteiger partial charge in [0, 0.05) is 25.2 Å². The molecule has 2 atom stereocenters. The van der Waals surface area contributed by atoms with E-state index in [4.69, 9.17) is 4.74 Å². The molecular formula is C17H26N2O4S. The number of hydrogen-bond donors (Lipinski definition) is 1. The number of nitrogens with zero attached hydrogens (tertiary/aromatic N) is 1. The first-order valence-corrected chi connectivity index (χ1v) is 9.82. The average molecular weight is 354 g/mol. The highest BCUT2D eigenvalue weighted by atomic mass is 32.2. The number of carbonyl (C=O) groups excluding carboxylic acids is 1. The van der Waals surface area contributed by atoms with Crippen molar-refractivity contribution in [3.05, 3.63) is 29.8 Å². The molecule has 0 aromatic heterocycles. The van der Waals surface area contributed by atoms with Gasteiger partial charge >= 0.3 is 0 Å². The van der Waals surface area contributed by atoms with Crippen LogP contribution in [-0.4, -0.2) is 50.5 Å². The Kier molecular flexibility index (Phi) is 6.37. The lowest BCUT2D eigenvalue weighted by Gasteiger charge is -2.34. The molecule has 0 aliphatic carbocycles. The molecule has 2 rings (SSSR count). The minimum atomic E-state index is -3.64. The van der Waals surface area contributed by atoms with Gasteiger partial charge < -0.3 is 10.1 Å². The number of unbranched alkanes of at least 4 members (excludes halogenated alkanes) is 1. The van der Waals surface area contributed by atoms with E-state index in [2.05, 4.69) is 5.32 Å². The lowest BCUT2D eigenvalue weighted by molar-refractivity contribution is -0.0440. The predicted octanol–water partition coefficient (Wildman–Crippen LogP) is 2.01. The second-order valence-corrected chi connectivity index (χ2v) is 8.15. The number of carbonyl (C=O) groups is 1. The topological polar surface area (TPSA) is 75.7 Å². The quantitative estimate of drug-likeness (QED) is 0.793. The van der Waals surface area contributed by atoms with E-state index in [1.165, 1.54) is 16.4 Å². The standard InChI is InChI=1S/C17H26N2O4S/c1-4-5-9-18-17(20)15-7-6-8-16(10-15)24(21,22)19-11-13(2)23-14(3)12-19/h6-8,10,13-14H,4-5,9,11-12H2,1-3H3,(H,18,20). The molecule has 1 fully saturated rings. The van der Waals surface area contributed by atoms with Crippen molar-refractivity contribution in [2.45, 2.75) is 50.7 Å². The fourth-order valence-electron chi connectivity index (χ4n) is 2.75. The Balaban J connectivity index is 2.18. The van der Waals surface area contributed by atoms with Crippen LogP contribution >= 0.6 is 0 Å². The summed E-state index contributed by atoms with van der Waals surface area (Å²) < 4.78 is 32.7. The van der Waals surface area contributed by atoms with Crippen LogP contribution < -0.4 is 5.32 Å². The van der Waals surface area contributed by atoms with Gasteiger partial charge in [0.25, 0.3) is 5.91 Å². The Morgan fingerprint density at radius 3 is 2.58 bits per heavy atom. The summed E-state index contributed by atoms with van der Waals surface area (Å²) in [5.41, 5.74) is 0.363. The third-order valence-corrected chi connectivity index (χ3v) is 5.76. The zero-order chi connectivity index (χ0) is 17.7. The molecular weight excluding hydrogens is 328 g/mol. The molecule has 0 saturated carbocycles. The molecule has 1 aliphatic rings. The summed E-state index contributed by atoms with van der Waals surface area (Å²) in [4.78, 5) is 12.3. The summed E-state index contributed by atoms with van der Waals surface area (Å²) in [7, 11) is -3.64. The van der Waals surface area contributed by atoms with Crippen molar-refractivity contribution < 1.29 is 17.9 Å². The van der Waals surface area contributed by atoms with Crippen LogP contribution in [0.2, 0.25) is 0 Å². The van der Waals surface area contributed by atoms with Gasteiger partial charge in [-0.25, -0.2) is 8.42 Å². The highest BCUT2D eigenvalue weighted by molar-refractivity contribution is 7.89. The van der Waals surface area contributed by atoms with E-state index < -0.39 is 10.0 Å². The fourth-order valence-corrected chi connectivity index (χ4v) is 4.39. The first kappa shape index (κ1) is 18.9. The summed E-state index contributed by atoms with van der Waals surface area (Å²) in [5.74, 6) is -0.246. The summed E-state index contributed by atoms with van der Waals surface area (Å²) in [5, 5.41) is 2.80. The molecule has 2 unspecified atom stereocenters. The second kappa shape index (κ2) is 8.09. The van der Waals surface area contributed by atoms with Gasteiger partial charge in [0.2, 0.25) is 10.0 Å². The van der Waals surface area contributed by atoms with E-state index in [-0.39, 0.29) is 23.0 Å². The van der Waals surface area contributed by atoms with Crippen molar-refractivity contribution in [1.82, 2.24) is 9.62 Å². The number of morpholine rings is 1. The highest BCUT2D eigenvalue weighted by Gasteiger charge is 2.32. The first-order chi connectivity index (χ1) is 11.3. The summed E-state index contributed by atoms with van der Waals surface area (Å²) >= 11 is 0. The summed E-state index contributed by atoms with van der Waals surface area (Å²) in [6.07, 6.45) is 1.59. The number of hydrogen-bond acceptors (Lipinski definition) is 4. The zero-order valence-electron chi connectivity index (χ0n) is 14.5. The summed E-state index contributed by atoms with van der Waals surface area (Å²) in [6.45, 7) is 6.99. The van der Waals surface area contributed by atoms with Gasteiger partial charge in [0.1, 0.15) is 0 Å². The van der Waals surface area contributed by atoms with Crippen LogP contribution in [0.25, 0.3) is 0 Å². The number of benzene rings is 1. The minimum absolute atomic E-state index is 0.145. The van der Waals surface area contributed by atoms with Crippen molar-refractivity contribution in [1.29, 1.82) is 0 Å². The SMILES string of the molecule is CCCCNC(=O)c1cccc(S(=O)(=O)N2CC(C)OC(C)C2)c1. The van der Waals surface area contributed by atoms with Crippen LogP contribution in [0.1, 0.15) is 44.0 Å². The van der Waals surface area contributed by atoms with Crippen LogP contribution in [0.15, 0.2) is 29.2 Å². The molecule has 0 spiro atoms. The van der Waals surface area contributed by atoms with Crippen LogP contribution in [0.4, 0.5) is 0 Å². The predicted molar refractivity (Wildman–Crippen MR) is 92.5 cm³/mol. The molecule has 1 saturated heterocycles. The maximum absolute atomic E-state index is 12.9. The lowest BCUT2D eigenvalue weighted by atomic mass is 10.2. The average Bonchev–Trinajstić information content (AvgIpc) is 2.54. The van der Waals surface area contributed by atoms with Crippen LogP contribution in [0.5, 0.6) is 0 Å². The van der Waals surface area contributed by atoms with Gasteiger partial charge in [-0.15, -0.1) is 0 Å². The molecule has 1 N–H and O–H groups in total. The molecule has 7 heteroatoms. The number of ether oxygens (including phenoxy) is 1.